The molecule has 3 N–H and O–H groups in total. The standard InChI is InChI=1S/C21H29N7O4/c1-6-8-9-28-17(22)16(19(30)24-21(28)31)27(7-2)14(29)11-32-20-15-12(3)10-13(4)23-18(15)26(5)25-20/h10H,6-9,11,22H2,1-5H3,(H,24,30,31). The highest BCUT2D eigenvalue weighted by molar-refractivity contribution is 5.96. The molecule has 172 valence electrons. The zero-order valence-corrected chi connectivity index (χ0v) is 19.1. The highest BCUT2D eigenvalue weighted by atomic mass is 16.5. The van der Waals surface area contributed by atoms with E-state index >= 15 is 0 Å². The van der Waals surface area contributed by atoms with Crippen LogP contribution in [0.25, 0.3) is 11.0 Å². The van der Waals surface area contributed by atoms with E-state index in [0.29, 0.717) is 18.6 Å². The van der Waals surface area contributed by atoms with Gasteiger partial charge in [-0.2, -0.15) is 0 Å². The highest BCUT2D eigenvalue weighted by Crippen LogP contribution is 2.27. The largest absolute Gasteiger partial charge is 0.466 e. The smallest absolute Gasteiger partial charge is 0.330 e. The summed E-state index contributed by atoms with van der Waals surface area (Å²) in [5, 5.41) is 5.06. The number of carbonyl (C=O) groups excluding carboxylic acids is 1. The fraction of sp³-hybridized carbons (Fsp3) is 0.476. The van der Waals surface area contributed by atoms with Gasteiger partial charge in [0, 0.05) is 25.8 Å². The molecule has 1 amide bonds. The van der Waals surface area contributed by atoms with Crippen LogP contribution in [0.4, 0.5) is 11.5 Å². The van der Waals surface area contributed by atoms with Gasteiger partial charge in [-0.3, -0.25) is 19.1 Å². The molecule has 32 heavy (non-hydrogen) atoms. The summed E-state index contributed by atoms with van der Waals surface area (Å²) < 4.78 is 8.62. The number of nitrogen functional groups attached to an aromatic ring is 1. The summed E-state index contributed by atoms with van der Waals surface area (Å²) in [6.07, 6.45) is 1.55. The second kappa shape index (κ2) is 9.25. The first-order chi connectivity index (χ1) is 15.2. The number of aromatic amines is 1. The van der Waals surface area contributed by atoms with Crippen molar-refractivity contribution in [1.29, 1.82) is 0 Å². The fourth-order valence-electron chi connectivity index (χ4n) is 3.69. The minimum Gasteiger partial charge on any atom is -0.466 e. The topological polar surface area (TPSA) is 141 Å². The number of likely N-dealkylation sites (N-methyl/N-ethyl adjacent to an activating group) is 1. The van der Waals surface area contributed by atoms with Crippen molar-refractivity contribution in [2.24, 2.45) is 7.05 Å². The Morgan fingerprint density at radius 2 is 2.00 bits per heavy atom. The van der Waals surface area contributed by atoms with Gasteiger partial charge in [0.15, 0.2) is 17.9 Å². The Balaban J connectivity index is 1.91. The van der Waals surface area contributed by atoms with Gasteiger partial charge in [0.25, 0.3) is 11.5 Å². The molecule has 0 radical (unpaired) electrons. The van der Waals surface area contributed by atoms with Gasteiger partial charge in [-0.05, 0) is 38.8 Å². The number of nitrogens with two attached hydrogens (primary N) is 1. The Kier molecular flexibility index (Phi) is 6.66. The van der Waals surface area contributed by atoms with Crippen molar-refractivity contribution in [2.75, 3.05) is 23.8 Å². The molecular weight excluding hydrogens is 414 g/mol. The van der Waals surface area contributed by atoms with Crippen LogP contribution < -0.4 is 26.6 Å². The molecule has 0 atom stereocenters. The quantitative estimate of drug-likeness (QED) is 0.534. The summed E-state index contributed by atoms with van der Waals surface area (Å²) in [5.74, 6) is -0.241. The molecule has 0 aliphatic heterocycles. The normalized spacial score (nSPS) is 11.2. The van der Waals surface area contributed by atoms with Crippen LogP contribution in [-0.4, -0.2) is 43.4 Å². The Labute approximate surface area is 184 Å². The summed E-state index contributed by atoms with van der Waals surface area (Å²) in [6.45, 7) is 7.66. The Hall–Kier alpha value is -3.63. The molecule has 3 heterocycles. The summed E-state index contributed by atoms with van der Waals surface area (Å²) in [4.78, 5) is 45.6. The lowest BCUT2D eigenvalue weighted by atomic mass is 10.2. The van der Waals surface area contributed by atoms with E-state index in [-0.39, 0.29) is 30.5 Å². The predicted octanol–water partition coefficient (Wildman–Crippen LogP) is 1.25. The van der Waals surface area contributed by atoms with Crippen LogP contribution in [0.15, 0.2) is 15.7 Å². The van der Waals surface area contributed by atoms with Gasteiger partial charge < -0.3 is 15.4 Å². The van der Waals surface area contributed by atoms with E-state index in [1.54, 1.807) is 18.7 Å². The van der Waals surface area contributed by atoms with Crippen molar-refractivity contribution >= 4 is 28.4 Å². The number of fused-ring (bicyclic) bond motifs is 1. The van der Waals surface area contributed by atoms with Crippen LogP contribution in [0.3, 0.4) is 0 Å². The Morgan fingerprint density at radius 3 is 2.66 bits per heavy atom. The maximum absolute atomic E-state index is 13.0. The average molecular weight is 444 g/mol. The van der Waals surface area contributed by atoms with E-state index in [9.17, 15) is 14.4 Å². The van der Waals surface area contributed by atoms with E-state index in [4.69, 9.17) is 10.5 Å². The zero-order valence-electron chi connectivity index (χ0n) is 19.1. The molecule has 0 spiro atoms. The Morgan fingerprint density at radius 1 is 1.28 bits per heavy atom. The maximum atomic E-state index is 13.0. The molecule has 0 saturated heterocycles. The van der Waals surface area contributed by atoms with E-state index in [1.807, 2.05) is 26.8 Å². The Bertz CT molecular complexity index is 1270. The molecule has 3 aromatic heterocycles. The van der Waals surface area contributed by atoms with Crippen LogP contribution in [0, 0.1) is 13.8 Å². The highest BCUT2D eigenvalue weighted by Gasteiger charge is 2.24. The minimum absolute atomic E-state index is 0.0406. The number of hydrogen-bond donors (Lipinski definition) is 2. The van der Waals surface area contributed by atoms with E-state index in [1.165, 1.54) is 9.47 Å². The van der Waals surface area contributed by atoms with Crippen LogP contribution >= 0.6 is 0 Å². The van der Waals surface area contributed by atoms with Crippen molar-refractivity contribution in [2.45, 2.75) is 47.1 Å². The molecule has 0 bridgehead atoms. The average Bonchev–Trinajstić information content (AvgIpc) is 3.04. The number of unbranched alkanes of at least 4 members (excludes halogenated alkanes) is 1. The molecular formula is C21H29N7O4. The number of nitrogens with one attached hydrogen (secondary N) is 1. The second-order valence-electron chi connectivity index (χ2n) is 7.63. The third kappa shape index (κ3) is 4.23. The number of pyridine rings is 1. The summed E-state index contributed by atoms with van der Waals surface area (Å²) in [6, 6.07) is 1.91. The molecule has 0 aliphatic carbocycles. The first kappa shape index (κ1) is 23.0. The summed E-state index contributed by atoms with van der Waals surface area (Å²) >= 11 is 0. The van der Waals surface area contributed by atoms with E-state index < -0.39 is 17.2 Å². The number of H-pyrrole nitrogens is 1. The predicted molar refractivity (Wildman–Crippen MR) is 122 cm³/mol. The SMILES string of the molecule is CCCCn1c(N)c(N(CC)C(=O)COc2nn(C)c3nc(C)cc(C)c23)c(=O)[nH]c1=O. The molecule has 3 rings (SSSR count). The number of anilines is 2. The van der Waals surface area contributed by atoms with Gasteiger partial charge in [-0.25, -0.2) is 14.5 Å². The van der Waals surface area contributed by atoms with Crippen molar-refractivity contribution in [3.8, 4) is 5.88 Å². The number of rotatable bonds is 8. The van der Waals surface area contributed by atoms with Gasteiger partial charge in [-0.15, -0.1) is 5.10 Å². The number of carbonyl (C=O) groups is 1. The fourth-order valence-corrected chi connectivity index (χ4v) is 3.69. The zero-order chi connectivity index (χ0) is 23.6. The summed E-state index contributed by atoms with van der Waals surface area (Å²) in [7, 11) is 1.75. The lowest BCUT2D eigenvalue weighted by Crippen LogP contribution is -2.42. The number of nitrogens with zero attached hydrogens (tertiary/aromatic N) is 5. The molecule has 0 saturated carbocycles. The van der Waals surface area contributed by atoms with Gasteiger partial charge in [0.1, 0.15) is 5.82 Å². The lowest BCUT2D eigenvalue weighted by Gasteiger charge is -2.23. The second-order valence-corrected chi connectivity index (χ2v) is 7.63. The molecule has 0 aromatic carbocycles. The van der Waals surface area contributed by atoms with Crippen LogP contribution in [-0.2, 0) is 18.4 Å². The molecule has 11 nitrogen and oxygen atoms in total. The number of aryl methyl sites for hydroxylation is 3. The van der Waals surface area contributed by atoms with E-state index in [0.717, 1.165) is 23.1 Å². The van der Waals surface area contributed by atoms with Crippen molar-refractivity contribution < 1.29 is 9.53 Å². The molecule has 3 aromatic rings. The van der Waals surface area contributed by atoms with Gasteiger partial charge in [0.2, 0.25) is 5.88 Å². The lowest BCUT2D eigenvalue weighted by molar-refractivity contribution is -0.120. The van der Waals surface area contributed by atoms with Gasteiger partial charge >= 0.3 is 5.69 Å². The minimum atomic E-state index is -0.714. The van der Waals surface area contributed by atoms with Crippen LogP contribution in [0.2, 0.25) is 0 Å². The van der Waals surface area contributed by atoms with Crippen LogP contribution in [0.5, 0.6) is 5.88 Å². The first-order valence-electron chi connectivity index (χ1n) is 10.6. The first-order valence-corrected chi connectivity index (χ1v) is 10.6. The third-order valence-corrected chi connectivity index (χ3v) is 5.26. The van der Waals surface area contributed by atoms with E-state index in [2.05, 4.69) is 15.1 Å². The van der Waals surface area contributed by atoms with Crippen molar-refractivity contribution in [3.63, 3.8) is 0 Å². The van der Waals surface area contributed by atoms with Gasteiger partial charge in [0.05, 0.1) is 5.39 Å². The number of amides is 1. The maximum Gasteiger partial charge on any atom is 0.330 e. The molecule has 11 heteroatoms. The van der Waals surface area contributed by atoms with Crippen LogP contribution in [0.1, 0.15) is 37.9 Å². The van der Waals surface area contributed by atoms with Crippen molar-refractivity contribution in [1.82, 2.24) is 24.3 Å². The monoisotopic (exact) mass is 443 g/mol. The number of ether oxygens (including phenoxy) is 1. The molecule has 0 fully saturated rings. The van der Waals surface area contributed by atoms with Crippen molar-refractivity contribution in [3.05, 3.63) is 38.2 Å². The third-order valence-electron chi connectivity index (χ3n) is 5.26. The summed E-state index contributed by atoms with van der Waals surface area (Å²) in [5.41, 5.74) is 7.21. The number of aromatic nitrogens is 5. The van der Waals surface area contributed by atoms with Gasteiger partial charge in [-0.1, -0.05) is 13.3 Å². The molecule has 0 aliphatic rings. The number of hydrogen-bond acceptors (Lipinski definition) is 7. The molecule has 0 unspecified atom stereocenters.